The summed E-state index contributed by atoms with van der Waals surface area (Å²) in [4.78, 5) is 47.6. The molecule has 1 aromatic carbocycles. The van der Waals surface area contributed by atoms with Crippen LogP contribution in [0.2, 0.25) is 0 Å². The van der Waals surface area contributed by atoms with Gasteiger partial charge in [-0.25, -0.2) is 0 Å². The number of carbonyl (C=O) groups is 3. The Balaban J connectivity index is 1.81. The number of nitrogens with one attached hydrogen (secondary N) is 1. The first-order valence-electron chi connectivity index (χ1n) is 7.55. The second kappa shape index (κ2) is 6.23. The highest BCUT2D eigenvalue weighted by Gasteiger charge is 2.43. The number of carbonyl (C=O) groups excluding carboxylic acids is 3. The van der Waals surface area contributed by atoms with Gasteiger partial charge in [0.05, 0.1) is 16.9 Å². The summed E-state index contributed by atoms with van der Waals surface area (Å²) >= 11 is 0. The molecule has 1 atom stereocenters. The number of hydrogen-bond donors (Lipinski definition) is 1. The standard InChI is InChI=1S/C16H15N3O5/c20-14-9-13(16(22)17-14)18(11-6-7-11)15(21)8-5-10-3-1-2-4-12(10)19(23)24/h1-5,8,11,13H,6-7,9H2,(H,17,20,22)/b8-5+/t13-/m1/s1. The Morgan fingerprint density at radius 3 is 2.58 bits per heavy atom. The zero-order valence-corrected chi connectivity index (χ0v) is 12.7. The summed E-state index contributed by atoms with van der Waals surface area (Å²) in [6.07, 6.45) is 4.10. The molecular formula is C16H15N3O5. The van der Waals surface area contributed by atoms with Gasteiger partial charge < -0.3 is 4.90 Å². The number of benzene rings is 1. The molecule has 0 radical (unpaired) electrons. The van der Waals surface area contributed by atoms with Gasteiger partial charge in [0.1, 0.15) is 6.04 Å². The normalized spacial score (nSPS) is 20.2. The maximum absolute atomic E-state index is 12.5. The van der Waals surface area contributed by atoms with Gasteiger partial charge >= 0.3 is 0 Å². The summed E-state index contributed by atoms with van der Waals surface area (Å²) in [5.41, 5.74) is 0.201. The van der Waals surface area contributed by atoms with Gasteiger partial charge in [-0.15, -0.1) is 0 Å². The fraction of sp³-hybridized carbons (Fsp3) is 0.312. The van der Waals surface area contributed by atoms with Crippen molar-refractivity contribution in [3.05, 3.63) is 46.0 Å². The molecule has 3 amide bonds. The molecule has 1 saturated heterocycles. The molecular weight excluding hydrogens is 314 g/mol. The fourth-order valence-corrected chi connectivity index (χ4v) is 2.75. The van der Waals surface area contributed by atoms with Crippen molar-refractivity contribution in [2.24, 2.45) is 0 Å². The lowest BCUT2D eigenvalue weighted by molar-refractivity contribution is -0.385. The second-order valence-electron chi connectivity index (χ2n) is 5.76. The highest BCUT2D eigenvalue weighted by molar-refractivity contribution is 6.08. The van der Waals surface area contributed by atoms with E-state index in [2.05, 4.69) is 5.32 Å². The van der Waals surface area contributed by atoms with Crippen molar-refractivity contribution in [1.29, 1.82) is 0 Å². The Kier molecular flexibility index (Phi) is 4.11. The Bertz CT molecular complexity index is 754. The lowest BCUT2D eigenvalue weighted by Gasteiger charge is -2.25. The monoisotopic (exact) mass is 329 g/mol. The molecule has 1 aliphatic heterocycles. The van der Waals surface area contributed by atoms with E-state index in [1.54, 1.807) is 12.1 Å². The molecule has 1 heterocycles. The third kappa shape index (κ3) is 3.17. The lowest BCUT2D eigenvalue weighted by Crippen LogP contribution is -2.45. The first-order valence-corrected chi connectivity index (χ1v) is 7.55. The lowest BCUT2D eigenvalue weighted by atomic mass is 10.1. The van der Waals surface area contributed by atoms with E-state index in [1.165, 1.54) is 29.2 Å². The second-order valence-corrected chi connectivity index (χ2v) is 5.76. The molecule has 0 bridgehead atoms. The molecule has 1 aliphatic carbocycles. The third-order valence-electron chi connectivity index (χ3n) is 4.01. The van der Waals surface area contributed by atoms with Crippen LogP contribution in [0.5, 0.6) is 0 Å². The van der Waals surface area contributed by atoms with E-state index in [-0.39, 0.29) is 18.2 Å². The molecule has 24 heavy (non-hydrogen) atoms. The van der Waals surface area contributed by atoms with Crippen LogP contribution in [-0.4, -0.2) is 39.6 Å². The number of nitrogens with zero attached hydrogens (tertiary/aromatic N) is 2. The molecule has 1 N–H and O–H groups in total. The summed E-state index contributed by atoms with van der Waals surface area (Å²) < 4.78 is 0. The smallest absolute Gasteiger partial charge is 0.276 e. The van der Waals surface area contributed by atoms with Crippen molar-refractivity contribution in [2.75, 3.05) is 0 Å². The van der Waals surface area contributed by atoms with Crippen molar-refractivity contribution < 1.29 is 19.3 Å². The van der Waals surface area contributed by atoms with Crippen LogP contribution >= 0.6 is 0 Å². The van der Waals surface area contributed by atoms with Gasteiger partial charge in [0.15, 0.2) is 0 Å². The topological polar surface area (TPSA) is 110 Å². The molecule has 8 heteroatoms. The SMILES string of the molecule is O=C1C[C@@H](N(C(=O)/C=C/c2ccccc2[N+](=O)[O-])C2CC2)C(=O)N1. The van der Waals surface area contributed by atoms with Crippen LogP contribution in [0, 0.1) is 10.1 Å². The van der Waals surface area contributed by atoms with E-state index in [0.717, 1.165) is 12.8 Å². The molecule has 2 aliphatic rings. The van der Waals surface area contributed by atoms with Crippen LogP contribution in [0.15, 0.2) is 30.3 Å². The highest BCUT2D eigenvalue weighted by Crippen LogP contribution is 2.31. The van der Waals surface area contributed by atoms with Crippen LogP contribution in [0.3, 0.4) is 0 Å². The molecule has 1 aromatic rings. The average molecular weight is 329 g/mol. The number of rotatable bonds is 5. The molecule has 2 fully saturated rings. The molecule has 8 nitrogen and oxygen atoms in total. The zero-order chi connectivity index (χ0) is 17.3. The van der Waals surface area contributed by atoms with E-state index >= 15 is 0 Å². The van der Waals surface area contributed by atoms with Gasteiger partial charge in [-0.3, -0.25) is 29.8 Å². The molecule has 0 aromatic heterocycles. The van der Waals surface area contributed by atoms with Gasteiger partial charge in [0, 0.05) is 18.2 Å². The first kappa shape index (κ1) is 15.9. The van der Waals surface area contributed by atoms with E-state index in [0.29, 0.717) is 5.56 Å². The quantitative estimate of drug-likeness (QED) is 0.375. The van der Waals surface area contributed by atoms with Crippen molar-refractivity contribution in [1.82, 2.24) is 10.2 Å². The van der Waals surface area contributed by atoms with Crippen LogP contribution in [0.1, 0.15) is 24.8 Å². The highest BCUT2D eigenvalue weighted by atomic mass is 16.6. The number of hydrogen-bond acceptors (Lipinski definition) is 5. The molecule has 0 spiro atoms. The van der Waals surface area contributed by atoms with Crippen molar-refractivity contribution in [3.63, 3.8) is 0 Å². The van der Waals surface area contributed by atoms with Gasteiger partial charge in [0.25, 0.3) is 5.69 Å². The summed E-state index contributed by atoms with van der Waals surface area (Å²) in [6, 6.07) is 5.21. The number of para-hydroxylation sites is 1. The van der Waals surface area contributed by atoms with Crippen molar-refractivity contribution >= 4 is 29.5 Å². The van der Waals surface area contributed by atoms with Crippen molar-refractivity contribution in [2.45, 2.75) is 31.3 Å². The third-order valence-corrected chi connectivity index (χ3v) is 4.01. The van der Waals surface area contributed by atoms with E-state index < -0.39 is 28.7 Å². The summed E-state index contributed by atoms with van der Waals surface area (Å²) in [5, 5.41) is 13.2. The van der Waals surface area contributed by atoms with Crippen molar-refractivity contribution in [3.8, 4) is 0 Å². The predicted molar refractivity (Wildman–Crippen MR) is 83.6 cm³/mol. The number of nitro benzene ring substituents is 1. The van der Waals surface area contributed by atoms with Crippen LogP contribution < -0.4 is 5.32 Å². The minimum absolute atomic E-state index is 0.0413. The predicted octanol–water partition coefficient (Wildman–Crippen LogP) is 1.01. The Morgan fingerprint density at radius 2 is 2.00 bits per heavy atom. The summed E-state index contributed by atoms with van der Waals surface area (Å²) in [5.74, 6) is -1.30. The largest absolute Gasteiger partial charge is 0.324 e. The maximum Gasteiger partial charge on any atom is 0.276 e. The van der Waals surface area contributed by atoms with Crippen LogP contribution in [0.25, 0.3) is 6.08 Å². The molecule has 124 valence electrons. The average Bonchev–Trinajstić information content (AvgIpc) is 3.31. The first-order chi connectivity index (χ1) is 11.5. The van der Waals surface area contributed by atoms with Gasteiger partial charge in [-0.1, -0.05) is 12.1 Å². The minimum Gasteiger partial charge on any atom is -0.324 e. The Labute approximate surface area is 137 Å². The zero-order valence-electron chi connectivity index (χ0n) is 12.7. The Morgan fingerprint density at radius 1 is 1.29 bits per heavy atom. The molecule has 3 rings (SSSR count). The minimum atomic E-state index is -0.798. The Hall–Kier alpha value is -3.03. The molecule has 1 saturated carbocycles. The maximum atomic E-state index is 12.5. The number of amides is 3. The van der Waals surface area contributed by atoms with Crippen LogP contribution in [-0.2, 0) is 14.4 Å². The van der Waals surface area contributed by atoms with Crippen LogP contribution in [0.4, 0.5) is 5.69 Å². The van der Waals surface area contributed by atoms with E-state index in [4.69, 9.17) is 0 Å². The summed E-state index contributed by atoms with van der Waals surface area (Å²) in [6.45, 7) is 0. The van der Waals surface area contributed by atoms with Gasteiger partial charge in [-0.05, 0) is 25.0 Å². The van der Waals surface area contributed by atoms with E-state index in [9.17, 15) is 24.5 Å². The van der Waals surface area contributed by atoms with Gasteiger partial charge in [0.2, 0.25) is 17.7 Å². The van der Waals surface area contributed by atoms with Gasteiger partial charge in [-0.2, -0.15) is 0 Å². The summed E-state index contributed by atoms with van der Waals surface area (Å²) in [7, 11) is 0. The number of imide groups is 1. The molecule has 0 unspecified atom stereocenters. The van der Waals surface area contributed by atoms with E-state index in [1.807, 2.05) is 0 Å². The number of nitro groups is 1. The fourth-order valence-electron chi connectivity index (χ4n) is 2.75.